The van der Waals surface area contributed by atoms with Crippen LogP contribution in [-0.4, -0.2) is 17.9 Å². The first kappa shape index (κ1) is 18.0. The van der Waals surface area contributed by atoms with Crippen molar-refractivity contribution in [1.29, 1.82) is 0 Å². The molecule has 0 radical (unpaired) electrons. The highest BCUT2D eigenvalue weighted by molar-refractivity contribution is 5.76. The molecule has 4 nitrogen and oxygen atoms in total. The number of benzene rings is 1. The molecule has 1 aliphatic carbocycles. The van der Waals surface area contributed by atoms with Gasteiger partial charge >= 0.3 is 12.3 Å². The maximum Gasteiger partial charge on any atom is 0.586 e. The second kappa shape index (κ2) is 5.85. The summed E-state index contributed by atoms with van der Waals surface area (Å²) in [5, 5.41) is 0. The number of esters is 1. The van der Waals surface area contributed by atoms with Gasteiger partial charge in [0, 0.05) is 11.1 Å². The van der Waals surface area contributed by atoms with Gasteiger partial charge in [-0.3, -0.25) is 4.79 Å². The molecule has 138 valence electrons. The fourth-order valence-electron chi connectivity index (χ4n) is 3.69. The molecule has 0 amide bonds. The molecule has 2 aliphatic rings. The van der Waals surface area contributed by atoms with Crippen LogP contribution in [0.15, 0.2) is 0 Å². The zero-order chi connectivity index (χ0) is 18.6. The van der Waals surface area contributed by atoms with Gasteiger partial charge in [-0.1, -0.05) is 13.8 Å². The first-order valence-corrected chi connectivity index (χ1v) is 8.66. The third-order valence-corrected chi connectivity index (χ3v) is 4.39. The van der Waals surface area contributed by atoms with E-state index < -0.39 is 11.9 Å². The summed E-state index contributed by atoms with van der Waals surface area (Å²) in [6.07, 6.45) is -1.37. The van der Waals surface area contributed by atoms with E-state index in [4.69, 9.17) is 14.2 Å². The molecule has 0 spiro atoms. The second-order valence-corrected chi connectivity index (χ2v) is 7.95. The molecule has 0 saturated carbocycles. The smallest absolute Gasteiger partial charge is 0.460 e. The minimum absolute atomic E-state index is 0.0509. The molecule has 0 aromatic heterocycles. The highest BCUT2D eigenvalue weighted by atomic mass is 19.3. The van der Waals surface area contributed by atoms with Gasteiger partial charge in [-0.05, 0) is 57.1 Å². The third kappa shape index (κ3) is 3.44. The molecular formula is C19H24F2O4. The maximum atomic E-state index is 13.7. The van der Waals surface area contributed by atoms with Gasteiger partial charge in [0.15, 0.2) is 11.5 Å². The van der Waals surface area contributed by atoms with Crippen LogP contribution in [0, 0.1) is 0 Å². The van der Waals surface area contributed by atoms with E-state index in [9.17, 15) is 13.6 Å². The van der Waals surface area contributed by atoms with Crippen LogP contribution >= 0.6 is 0 Å². The molecule has 0 N–H and O–H groups in total. The van der Waals surface area contributed by atoms with Crippen LogP contribution in [0.5, 0.6) is 11.5 Å². The highest BCUT2D eigenvalue weighted by Crippen LogP contribution is 2.53. The predicted molar refractivity (Wildman–Crippen MR) is 88.3 cm³/mol. The molecule has 0 bridgehead atoms. The Hall–Kier alpha value is -1.85. The normalized spacial score (nSPS) is 17.8. The van der Waals surface area contributed by atoms with Gasteiger partial charge in [0.05, 0.1) is 6.42 Å². The number of carbonyl (C=O) groups excluding carboxylic acids is 1. The lowest BCUT2D eigenvalue weighted by molar-refractivity contribution is -0.287. The molecule has 3 rings (SSSR count). The number of carbonyl (C=O) groups is 1. The van der Waals surface area contributed by atoms with Crippen molar-refractivity contribution in [3.05, 3.63) is 22.3 Å². The van der Waals surface area contributed by atoms with Crippen molar-refractivity contribution < 1.29 is 27.8 Å². The highest BCUT2D eigenvalue weighted by Gasteiger charge is 2.48. The Kier molecular flexibility index (Phi) is 4.20. The molecule has 6 heteroatoms. The SMILES string of the molecule is CC(C)c1c(CC(=O)OC(C)(C)C)c2c(c3c1OC(F)(F)O3)CCC2. The number of halogens is 2. The van der Waals surface area contributed by atoms with E-state index in [0.29, 0.717) is 12.0 Å². The van der Waals surface area contributed by atoms with Crippen LogP contribution in [0.4, 0.5) is 8.78 Å². The summed E-state index contributed by atoms with van der Waals surface area (Å²) in [6, 6.07) is 0. The van der Waals surface area contributed by atoms with Crippen molar-refractivity contribution in [2.45, 2.75) is 78.1 Å². The average Bonchev–Trinajstić information content (AvgIpc) is 2.99. The summed E-state index contributed by atoms with van der Waals surface area (Å²) in [4.78, 5) is 12.4. The standard InChI is InChI=1S/C19H24F2O4/c1-10(2)15-13(9-14(22)23-18(3,4)5)11-7-6-8-12(11)16-17(15)25-19(20,21)24-16/h10H,6-9H2,1-5H3. The predicted octanol–water partition coefficient (Wildman–Crippen LogP) is 4.50. The zero-order valence-electron chi connectivity index (χ0n) is 15.3. The Morgan fingerprint density at radius 3 is 2.36 bits per heavy atom. The maximum absolute atomic E-state index is 13.7. The Labute approximate surface area is 146 Å². The Bertz CT molecular complexity index is 717. The van der Waals surface area contributed by atoms with E-state index >= 15 is 0 Å². The van der Waals surface area contributed by atoms with Gasteiger partial charge < -0.3 is 14.2 Å². The lowest BCUT2D eigenvalue weighted by Crippen LogP contribution is -2.26. The Balaban J connectivity index is 2.10. The van der Waals surface area contributed by atoms with Crippen LogP contribution in [0.1, 0.15) is 69.2 Å². The minimum Gasteiger partial charge on any atom is -0.460 e. The van der Waals surface area contributed by atoms with Crippen LogP contribution in [0.3, 0.4) is 0 Å². The van der Waals surface area contributed by atoms with Crippen molar-refractivity contribution >= 4 is 5.97 Å². The fourth-order valence-corrected chi connectivity index (χ4v) is 3.69. The van der Waals surface area contributed by atoms with Gasteiger partial charge in [0.2, 0.25) is 0 Å². The summed E-state index contributed by atoms with van der Waals surface area (Å²) in [6.45, 7) is 9.21. The topological polar surface area (TPSA) is 44.8 Å². The molecule has 0 atom stereocenters. The van der Waals surface area contributed by atoms with Gasteiger partial charge in [0.25, 0.3) is 0 Å². The zero-order valence-corrected chi connectivity index (χ0v) is 15.3. The van der Waals surface area contributed by atoms with Crippen molar-refractivity contribution in [3.8, 4) is 11.5 Å². The molecule has 0 saturated heterocycles. The van der Waals surface area contributed by atoms with Crippen molar-refractivity contribution in [1.82, 2.24) is 0 Å². The number of ether oxygens (including phenoxy) is 3. The van der Waals surface area contributed by atoms with Crippen LogP contribution in [0.25, 0.3) is 0 Å². The summed E-state index contributed by atoms with van der Waals surface area (Å²) in [5.74, 6) is -0.225. The number of alkyl halides is 2. The van der Waals surface area contributed by atoms with Crippen LogP contribution in [0.2, 0.25) is 0 Å². The van der Waals surface area contributed by atoms with E-state index in [-0.39, 0.29) is 29.8 Å². The average molecular weight is 354 g/mol. The van der Waals surface area contributed by atoms with Gasteiger partial charge in [-0.15, -0.1) is 8.78 Å². The molecule has 1 aromatic carbocycles. The van der Waals surface area contributed by atoms with Crippen molar-refractivity contribution in [3.63, 3.8) is 0 Å². The molecule has 1 heterocycles. The van der Waals surface area contributed by atoms with Crippen LogP contribution in [-0.2, 0) is 28.8 Å². The lowest BCUT2D eigenvalue weighted by atomic mass is 9.87. The van der Waals surface area contributed by atoms with Crippen molar-refractivity contribution in [2.24, 2.45) is 0 Å². The Morgan fingerprint density at radius 2 is 1.76 bits per heavy atom. The van der Waals surface area contributed by atoms with Gasteiger partial charge in [-0.25, -0.2) is 0 Å². The third-order valence-electron chi connectivity index (χ3n) is 4.39. The quantitative estimate of drug-likeness (QED) is 0.750. The minimum atomic E-state index is -3.66. The molecule has 0 fully saturated rings. The van der Waals surface area contributed by atoms with E-state index in [2.05, 4.69) is 0 Å². The molecule has 25 heavy (non-hydrogen) atoms. The Morgan fingerprint density at radius 1 is 1.16 bits per heavy atom. The summed E-state index contributed by atoms with van der Waals surface area (Å²) < 4.78 is 42.5. The first-order chi connectivity index (χ1) is 11.5. The molecule has 0 unspecified atom stereocenters. The van der Waals surface area contributed by atoms with Crippen molar-refractivity contribution in [2.75, 3.05) is 0 Å². The van der Waals surface area contributed by atoms with E-state index in [1.165, 1.54) is 0 Å². The molecular weight excluding hydrogens is 330 g/mol. The van der Waals surface area contributed by atoms with E-state index in [0.717, 1.165) is 29.5 Å². The van der Waals surface area contributed by atoms with E-state index in [1.54, 1.807) is 20.8 Å². The number of rotatable bonds is 3. The largest absolute Gasteiger partial charge is 0.586 e. The second-order valence-electron chi connectivity index (χ2n) is 7.95. The fraction of sp³-hybridized carbons (Fsp3) is 0.632. The summed E-state index contributed by atoms with van der Waals surface area (Å²) in [7, 11) is 0. The lowest BCUT2D eigenvalue weighted by Gasteiger charge is -2.23. The van der Waals surface area contributed by atoms with Crippen LogP contribution < -0.4 is 9.47 Å². The number of hydrogen-bond donors (Lipinski definition) is 0. The number of hydrogen-bond acceptors (Lipinski definition) is 4. The van der Waals surface area contributed by atoms with E-state index in [1.807, 2.05) is 13.8 Å². The number of fused-ring (bicyclic) bond motifs is 3. The summed E-state index contributed by atoms with van der Waals surface area (Å²) in [5.41, 5.74) is 2.47. The van der Waals surface area contributed by atoms with Gasteiger partial charge in [-0.2, -0.15) is 0 Å². The first-order valence-electron chi connectivity index (χ1n) is 8.66. The summed E-state index contributed by atoms with van der Waals surface area (Å²) >= 11 is 0. The molecule has 1 aliphatic heterocycles. The van der Waals surface area contributed by atoms with Gasteiger partial charge in [0.1, 0.15) is 5.60 Å². The monoisotopic (exact) mass is 354 g/mol. The molecule has 1 aromatic rings.